The number of piperidine rings is 1. The zero-order valence-corrected chi connectivity index (χ0v) is 11.8. The smallest absolute Gasteiger partial charge is 0.346 e. The van der Waals surface area contributed by atoms with Crippen molar-refractivity contribution < 1.29 is 39.8 Å². The number of fused-ring (bicyclic) bond motifs is 2. The van der Waals surface area contributed by atoms with Crippen LogP contribution in [0.2, 0.25) is 0 Å². The minimum Gasteiger partial charge on any atom is -0.731 e. The van der Waals surface area contributed by atoms with E-state index in [0.717, 1.165) is 4.90 Å². The number of rotatable bonds is 4. The molecule has 2 heterocycles. The lowest BCUT2D eigenvalue weighted by Crippen LogP contribution is -2.50. The van der Waals surface area contributed by atoms with E-state index in [1.54, 1.807) is 0 Å². The molecule has 14 heteroatoms. The molecule has 120 valence electrons. The Hall–Kier alpha value is -1.48. The van der Waals surface area contributed by atoms with E-state index in [0.29, 0.717) is 5.06 Å². The first kappa shape index (κ1) is 15.9. The van der Waals surface area contributed by atoms with Crippen LogP contribution in [0.15, 0.2) is 0 Å². The predicted octanol–water partition coefficient (Wildman–Crippen LogP) is -2.78. The number of urea groups is 1. The Morgan fingerprint density at radius 2 is 1.86 bits per heavy atom. The van der Waals surface area contributed by atoms with Crippen molar-refractivity contribution in [3.8, 4) is 0 Å². The summed E-state index contributed by atoms with van der Waals surface area (Å²) in [5.41, 5.74) is 0. The fraction of sp³-hybridized carbons (Fsp3) is 0.714. The first-order valence-corrected chi connectivity index (χ1v) is 8.25. The maximum atomic E-state index is 11.9. The number of hydrogen-bond donors (Lipinski definition) is 1. The van der Waals surface area contributed by atoms with Crippen molar-refractivity contribution in [1.29, 1.82) is 0 Å². The SMILES string of the molecule is O=C(NS(=O)(=O)[O-])[C@@H]1CC[C@@H]2CN1C(=O)N2OS(=O)(=O)[O-]. The molecule has 3 amide bonds. The summed E-state index contributed by atoms with van der Waals surface area (Å²) in [4.78, 5) is 24.3. The highest BCUT2D eigenvalue weighted by Crippen LogP contribution is 2.30. The second-order valence-electron chi connectivity index (χ2n) is 4.41. The second-order valence-corrected chi connectivity index (χ2v) is 6.49. The van der Waals surface area contributed by atoms with Gasteiger partial charge in [-0.25, -0.2) is 21.6 Å². The van der Waals surface area contributed by atoms with Gasteiger partial charge in [0.25, 0.3) is 5.91 Å². The van der Waals surface area contributed by atoms with Crippen LogP contribution in [-0.2, 0) is 29.8 Å². The van der Waals surface area contributed by atoms with Crippen molar-refractivity contribution in [2.75, 3.05) is 6.54 Å². The van der Waals surface area contributed by atoms with Gasteiger partial charge in [0.15, 0.2) is 10.3 Å². The van der Waals surface area contributed by atoms with Crippen LogP contribution < -0.4 is 4.72 Å². The van der Waals surface area contributed by atoms with Crippen LogP contribution in [0.25, 0.3) is 0 Å². The normalized spacial score (nSPS) is 26.1. The lowest BCUT2D eigenvalue weighted by Gasteiger charge is -2.29. The molecule has 2 aliphatic rings. The highest BCUT2D eigenvalue weighted by molar-refractivity contribution is 7.84. The van der Waals surface area contributed by atoms with Gasteiger partial charge < -0.3 is 14.0 Å². The molecule has 0 aromatic rings. The molecule has 2 rings (SSSR count). The maximum absolute atomic E-state index is 11.9. The second kappa shape index (κ2) is 5.06. The van der Waals surface area contributed by atoms with Crippen molar-refractivity contribution in [2.45, 2.75) is 24.9 Å². The minimum atomic E-state index is -5.16. The molecular formula is C7H9N3O9S2-2. The quantitative estimate of drug-likeness (QED) is 0.418. The molecule has 2 saturated heterocycles. The average Bonchev–Trinajstić information content (AvgIpc) is 2.51. The standard InChI is InChI=1S/C7H11N3O9S2/c11-6(8-20(13,14)15)5-2-1-4-3-9(5)7(12)10(4)19-21(16,17)18/h4-5H,1-3H2,(H,8,11)(H,13,14,15)(H,16,17,18)/p-2/t4-,5+/m1/s1. The van der Waals surface area contributed by atoms with E-state index >= 15 is 0 Å². The number of carbonyl (C=O) groups excluding carboxylic acids is 2. The largest absolute Gasteiger partial charge is 0.731 e. The predicted molar refractivity (Wildman–Crippen MR) is 59.4 cm³/mol. The van der Waals surface area contributed by atoms with E-state index in [1.165, 1.54) is 4.72 Å². The van der Waals surface area contributed by atoms with E-state index in [-0.39, 0.29) is 19.4 Å². The van der Waals surface area contributed by atoms with Crippen molar-refractivity contribution >= 4 is 32.6 Å². The fourth-order valence-electron chi connectivity index (χ4n) is 2.29. The van der Waals surface area contributed by atoms with E-state index < -0.39 is 44.7 Å². The van der Waals surface area contributed by atoms with Gasteiger partial charge in [0.05, 0.1) is 6.04 Å². The highest BCUT2D eigenvalue weighted by atomic mass is 32.3. The third-order valence-corrected chi connectivity index (χ3v) is 3.82. The molecular weight excluding hydrogens is 334 g/mol. The van der Waals surface area contributed by atoms with Crippen LogP contribution in [0.3, 0.4) is 0 Å². The van der Waals surface area contributed by atoms with Crippen molar-refractivity contribution in [3.63, 3.8) is 0 Å². The van der Waals surface area contributed by atoms with E-state index in [1.807, 2.05) is 0 Å². The van der Waals surface area contributed by atoms with E-state index in [2.05, 4.69) is 4.28 Å². The minimum absolute atomic E-state index is 0.0173. The maximum Gasteiger partial charge on any atom is 0.346 e. The lowest BCUT2D eigenvalue weighted by atomic mass is 10.0. The molecule has 21 heavy (non-hydrogen) atoms. The van der Waals surface area contributed by atoms with Gasteiger partial charge in [-0.1, -0.05) is 0 Å². The molecule has 2 fully saturated rings. The van der Waals surface area contributed by atoms with Crippen LogP contribution >= 0.6 is 0 Å². The fourth-order valence-corrected chi connectivity index (χ4v) is 3.06. The molecule has 0 aliphatic carbocycles. The molecule has 0 spiro atoms. The molecule has 2 atom stereocenters. The Balaban J connectivity index is 2.16. The first-order valence-electron chi connectivity index (χ1n) is 5.50. The Morgan fingerprint density at radius 3 is 2.38 bits per heavy atom. The van der Waals surface area contributed by atoms with Crippen molar-refractivity contribution in [1.82, 2.24) is 14.7 Å². The summed E-state index contributed by atoms with van der Waals surface area (Å²) >= 11 is 0. The summed E-state index contributed by atoms with van der Waals surface area (Å²) in [5.74, 6) is -1.20. The third kappa shape index (κ3) is 3.59. The summed E-state index contributed by atoms with van der Waals surface area (Å²) in [6, 6.07) is -3.09. The summed E-state index contributed by atoms with van der Waals surface area (Å²) in [7, 11) is -10.2. The zero-order valence-electron chi connectivity index (χ0n) is 10.2. The monoisotopic (exact) mass is 343 g/mol. The molecule has 1 N–H and O–H groups in total. The number of carbonyl (C=O) groups is 2. The summed E-state index contributed by atoms with van der Waals surface area (Å²) < 4.78 is 68.2. The topological polar surface area (TPSA) is 176 Å². The van der Waals surface area contributed by atoms with Crippen LogP contribution in [0, 0.1) is 0 Å². The zero-order chi connectivity index (χ0) is 16.0. The van der Waals surface area contributed by atoms with Crippen molar-refractivity contribution in [2.24, 2.45) is 0 Å². The van der Waals surface area contributed by atoms with Gasteiger partial charge in [0.2, 0.25) is 10.4 Å². The van der Waals surface area contributed by atoms with Crippen LogP contribution in [-0.4, -0.2) is 66.5 Å². The molecule has 0 aromatic heterocycles. The average molecular weight is 343 g/mol. The number of nitrogens with one attached hydrogen (secondary N) is 1. The number of hydrogen-bond acceptors (Lipinski definition) is 9. The van der Waals surface area contributed by atoms with Crippen LogP contribution in [0.5, 0.6) is 0 Å². The molecule has 0 unspecified atom stereocenters. The van der Waals surface area contributed by atoms with E-state index in [9.17, 15) is 35.5 Å². The first-order chi connectivity index (χ1) is 9.48. The van der Waals surface area contributed by atoms with Crippen LogP contribution in [0.4, 0.5) is 4.79 Å². The van der Waals surface area contributed by atoms with Crippen molar-refractivity contribution in [3.05, 3.63) is 0 Å². The molecule has 12 nitrogen and oxygen atoms in total. The number of amides is 3. The number of nitrogens with zero attached hydrogens (tertiary/aromatic N) is 2. The van der Waals surface area contributed by atoms with Gasteiger partial charge in [-0.05, 0) is 12.8 Å². The third-order valence-electron chi connectivity index (χ3n) is 3.02. The molecule has 0 saturated carbocycles. The Bertz CT molecular complexity index is 671. The Kier molecular flexibility index (Phi) is 3.83. The molecule has 0 radical (unpaired) electrons. The van der Waals surface area contributed by atoms with Gasteiger partial charge in [-0.15, -0.1) is 0 Å². The lowest BCUT2D eigenvalue weighted by molar-refractivity contribution is -0.124. The molecule has 2 bridgehead atoms. The Labute approximate surface area is 119 Å². The Morgan fingerprint density at radius 1 is 1.24 bits per heavy atom. The highest BCUT2D eigenvalue weighted by Gasteiger charge is 2.48. The van der Waals surface area contributed by atoms with Gasteiger partial charge in [-0.2, -0.15) is 9.35 Å². The summed E-state index contributed by atoms with van der Waals surface area (Å²) in [6.07, 6.45) is 0.0747. The van der Waals surface area contributed by atoms with Gasteiger partial charge in [0, 0.05) is 6.54 Å². The number of hydroxylamine groups is 2. The summed E-state index contributed by atoms with van der Waals surface area (Å²) in [6.45, 7) is -0.134. The van der Waals surface area contributed by atoms with Gasteiger partial charge in [0.1, 0.15) is 6.04 Å². The molecule has 0 aromatic carbocycles. The van der Waals surface area contributed by atoms with Crippen LogP contribution in [0.1, 0.15) is 12.8 Å². The van der Waals surface area contributed by atoms with Gasteiger partial charge >= 0.3 is 6.03 Å². The van der Waals surface area contributed by atoms with E-state index in [4.69, 9.17) is 0 Å². The molecule has 2 aliphatic heterocycles. The summed E-state index contributed by atoms with van der Waals surface area (Å²) in [5, 5.41) is 0.335. The van der Waals surface area contributed by atoms with Gasteiger partial charge in [-0.3, -0.25) is 9.52 Å².